The van der Waals surface area contributed by atoms with E-state index in [1.54, 1.807) is 19.3 Å². The summed E-state index contributed by atoms with van der Waals surface area (Å²) in [5.41, 5.74) is 2.37. The molecule has 1 aliphatic rings. The summed E-state index contributed by atoms with van der Waals surface area (Å²) in [4.78, 5) is 16.2. The monoisotopic (exact) mass is 345 g/mol. The van der Waals surface area contributed by atoms with E-state index in [9.17, 15) is 4.79 Å². The minimum absolute atomic E-state index is 0.0650. The average Bonchev–Trinajstić information content (AvgIpc) is 3.09. The van der Waals surface area contributed by atoms with Crippen molar-refractivity contribution in [1.82, 2.24) is 10.3 Å². The Balaban J connectivity index is 0.000000647. The van der Waals surface area contributed by atoms with E-state index in [1.807, 2.05) is 19.1 Å². The zero-order chi connectivity index (χ0) is 17.6. The molecule has 24 heavy (non-hydrogen) atoms. The number of nitrogens with zero attached hydrogens (tertiary/aromatic N) is 1. The van der Waals surface area contributed by atoms with Crippen LogP contribution in [0.4, 0.5) is 5.69 Å². The Kier molecular flexibility index (Phi) is 5.88. The highest BCUT2D eigenvalue weighted by atomic mass is 35.5. The fraction of sp³-hybridized carbons (Fsp3) is 0.333. The summed E-state index contributed by atoms with van der Waals surface area (Å²) >= 11 is 5.91. The van der Waals surface area contributed by atoms with Crippen molar-refractivity contribution in [3.05, 3.63) is 47.1 Å². The third-order valence-electron chi connectivity index (χ3n) is 3.68. The number of halogens is 1. The van der Waals surface area contributed by atoms with Gasteiger partial charge in [0, 0.05) is 10.7 Å². The highest BCUT2D eigenvalue weighted by Crippen LogP contribution is 2.44. The van der Waals surface area contributed by atoms with Gasteiger partial charge in [-0.3, -0.25) is 4.79 Å². The molecule has 1 aromatic carbocycles. The molecule has 1 saturated carbocycles. The first-order valence-corrected chi connectivity index (χ1v) is 7.95. The van der Waals surface area contributed by atoms with Crippen LogP contribution in [0.1, 0.15) is 31.0 Å². The standard InChI is InChI=1S/C15H16ClN3O2.C3H4/c1-10-6-11(16)2-3-12(10)17-7-14(20)19-15(4-5-15)13-8-21-9-18-13;1-3-2/h2-3,6,8-9,17H,4-5,7H2,1H3,(H,19,20);1H,2H3. The highest BCUT2D eigenvalue weighted by Gasteiger charge is 2.47. The summed E-state index contributed by atoms with van der Waals surface area (Å²) < 4.78 is 4.99. The van der Waals surface area contributed by atoms with Crippen molar-refractivity contribution in [3.8, 4) is 12.3 Å². The van der Waals surface area contributed by atoms with Crippen LogP contribution < -0.4 is 10.6 Å². The molecule has 5 nitrogen and oxygen atoms in total. The largest absolute Gasteiger partial charge is 0.451 e. The molecule has 1 amide bonds. The van der Waals surface area contributed by atoms with Gasteiger partial charge in [-0.25, -0.2) is 4.98 Å². The topological polar surface area (TPSA) is 67.2 Å². The van der Waals surface area contributed by atoms with E-state index in [1.165, 1.54) is 6.39 Å². The smallest absolute Gasteiger partial charge is 0.240 e. The first-order valence-electron chi connectivity index (χ1n) is 7.58. The Morgan fingerprint density at radius 2 is 2.21 bits per heavy atom. The molecule has 0 unspecified atom stereocenters. The van der Waals surface area contributed by atoms with Crippen molar-refractivity contribution in [2.45, 2.75) is 32.2 Å². The molecule has 1 aliphatic carbocycles. The Morgan fingerprint density at radius 3 is 2.75 bits per heavy atom. The van der Waals surface area contributed by atoms with E-state index in [0.717, 1.165) is 29.8 Å². The van der Waals surface area contributed by atoms with Gasteiger partial charge in [0.2, 0.25) is 5.91 Å². The fourth-order valence-corrected chi connectivity index (χ4v) is 2.56. The van der Waals surface area contributed by atoms with Crippen LogP contribution in [0.15, 0.2) is 35.3 Å². The lowest BCUT2D eigenvalue weighted by Gasteiger charge is -2.16. The molecular weight excluding hydrogens is 326 g/mol. The molecule has 3 rings (SSSR count). The number of terminal acetylenes is 1. The van der Waals surface area contributed by atoms with Crippen molar-refractivity contribution < 1.29 is 9.21 Å². The second kappa shape index (κ2) is 7.89. The number of aryl methyl sites for hydroxylation is 1. The number of hydrogen-bond donors (Lipinski definition) is 2. The van der Waals surface area contributed by atoms with Crippen molar-refractivity contribution in [2.24, 2.45) is 0 Å². The van der Waals surface area contributed by atoms with Gasteiger partial charge in [-0.1, -0.05) is 11.6 Å². The summed E-state index contributed by atoms with van der Waals surface area (Å²) in [6, 6.07) is 5.53. The molecule has 0 atom stereocenters. The third kappa shape index (κ3) is 4.53. The van der Waals surface area contributed by atoms with Crippen molar-refractivity contribution in [2.75, 3.05) is 11.9 Å². The normalized spacial score (nSPS) is 13.9. The van der Waals surface area contributed by atoms with Crippen LogP contribution in [0.5, 0.6) is 0 Å². The van der Waals surface area contributed by atoms with Crippen LogP contribution in [-0.4, -0.2) is 17.4 Å². The fourth-order valence-electron chi connectivity index (χ4n) is 2.33. The molecule has 126 valence electrons. The number of amides is 1. The lowest BCUT2D eigenvalue weighted by Crippen LogP contribution is -2.38. The van der Waals surface area contributed by atoms with Gasteiger partial charge in [0.05, 0.1) is 12.1 Å². The molecule has 0 aliphatic heterocycles. The Labute approximate surface area is 146 Å². The van der Waals surface area contributed by atoms with Gasteiger partial charge >= 0.3 is 0 Å². The number of aromatic nitrogens is 1. The van der Waals surface area contributed by atoms with E-state index in [4.69, 9.17) is 16.0 Å². The number of oxazole rings is 1. The lowest BCUT2D eigenvalue weighted by molar-refractivity contribution is -0.120. The third-order valence-corrected chi connectivity index (χ3v) is 3.91. The molecule has 2 aromatic rings. The molecule has 0 spiro atoms. The van der Waals surface area contributed by atoms with Gasteiger partial charge in [0.25, 0.3) is 0 Å². The molecule has 2 N–H and O–H groups in total. The lowest BCUT2D eigenvalue weighted by atomic mass is 10.2. The van der Waals surface area contributed by atoms with Gasteiger partial charge in [-0.15, -0.1) is 12.3 Å². The molecule has 1 fully saturated rings. The van der Waals surface area contributed by atoms with Crippen LogP contribution in [0.3, 0.4) is 0 Å². The number of benzene rings is 1. The number of rotatable bonds is 5. The number of hydrogen-bond acceptors (Lipinski definition) is 4. The van der Waals surface area contributed by atoms with Crippen molar-refractivity contribution in [3.63, 3.8) is 0 Å². The van der Waals surface area contributed by atoms with Gasteiger partial charge in [0.1, 0.15) is 12.0 Å². The van der Waals surface area contributed by atoms with Crippen LogP contribution in [0.25, 0.3) is 0 Å². The van der Waals surface area contributed by atoms with Crippen molar-refractivity contribution in [1.29, 1.82) is 0 Å². The van der Waals surface area contributed by atoms with E-state index >= 15 is 0 Å². The summed E-state index contributed by atoms with van der Waals surface area (Å²) in [6.45, 7) is 3.81. The summed E-state index contributed by atoms with van der Waals surface area (Å²) in [7, 11) is 0. The maximum atomic E-state index is 12.1. The van der Waals surface area contributed by atoms with Crippen molar-refractivity contribution >= 4 is 23.2 Å². The molecule has 1 heterocycles. The molecule has 0 saturated heterocycles. The Hall–Kier alpha value is -2.45. The Bertz CT molecular complexity index is 731. The molecular formula is C18H20ClN3O2. The Morgan fingerprint density at radius 1 is 1.50 bits per heavy atom. The SMILES string of the molecule is C#CC.Cc1cc(Cl)ccc1NCC(=O)NC1(c2cocn2)CC1. The summed E-state index contributed by atoms with van der Waals surface area (Å²) in [5, 5.41) is 6.83. The molecule has 0 bridgehead atoms. The zero-order valence-corrected chi connectivity index (χ0v) is 14.5. The van der Waals surface area contributed by atoms with Crippen LogP contribution in [0.2, 0.25) is 5.02 Å². The second-order valence-corrected chi connectivity index (χ2v) is 6.04. The molecule has 1 aromatic heterocycles. The maximum Gasteiger partial charge on any atom is 0.240 e. The van der Waals surface area contributed by atoms with Crippen LogP contribution >= 0.6 is 11.6 Å². The van der Waals surface area contributed by atoms with Gasteiger partial charge < -0.3 is 15.1 Å². The number of anilines is 1. The van der Waals surface area contributed by atoms with E-state index in [-0.39, 0.29) is 18.0 Å². The first kappa shape index (κ1) is 17.9. The maximum absolute atomic E-state index is 12.1. The van der Waals surface area contributed by atoms with E-state index in [2.05, 4.69) is 28.0 Å². The minimum atomic E-state index is -0.333. The number of carbonyl (C=O) groups is 1. The molecule has 6 heteroatoms. The molecule has 0 radical (unpaired) electrons. The summed E-state index contributed by atoms with van der Waals surface area (Å²) in [5.74, 6) is 2.19. The quantitative estimate of drug-likeness (QED) is 0.814. The van der Waals surface area contributed by atoms with Crippen LogP contribution in [0, 0.1) is 19.3 Å². The zero-order valence-electron chi connectivity index (χ0n) is 13.7. The second-order valence-electron chi connectivity index (χ2n) is 5.61. The number of nitrogens with one attached hydrogen (secondary N) is 2. The van der Waals surface area contributed by atoms with Gasteiger partial charge in [-0.05, 0) is 50.5 Å². The van der Waals surface area contributed by atoms with Gasteiger partial charge in [0.15, 0.2) is 6.39 Å². The minimum Gasteiger partial charge on any atom is -0.451 e. The van der Waals surface area contributed by atoms with E-state index < -0.39 is 0 Å². The van der Waals surface area contributed by atoms with E-state index in [0.29, 0.717) is 5.02 Å². The van der Waals surface area contributed by atoms with Gasteiger partial charge in [-0.2, -0.15) is 0 Å². The number of carbonyl (C=O) groups excluding carboxylic acids is 1. The predicted molar refractivity (Wildman–Crippen MR) is 94.7 cm³/mol. The predicted octanol–water partition coefficient (Wildman–Crippen LogP) is 3.49. The average molecular weight is 346 g/mol. The highest BCUT2D eigenvalue weighted by molar-refractivity contribution is 6.30. The van der Waals surface area contributed by atoms with Crippen LogP contribution in [-0.2, 0) is 10.3 Å². The summed E-state index contributed by atoms with van der Waals surface area (Å²) in [6.07, 6.45) is 9.36. The first-order chi connectivity index (χ1) is 11.5.